The van der Waals surface area contributed by atoms with Gasteiger partial charge in [0.25, 0.3) is 0 Å². The first-order valence-electron chi connectivity index (χ1n) is 6.84. The molecule has 0 bridgehead atoms. The fraction of sp³-hybridized carbons (Fsp3) is 0.929. The third kappa shape index (κ3) is 5.71. The molecule has 1 aliphatic rings. The summed E-state index contributed by atoms with van der Waals surface area (Å²) in [5.74, 6) is 0.492. The van der Waals surface area contributed by atoms with E-state index in [-0.39, 0.29) is 11.6 Å². The molecule has 2 N–H and O–H groups in total. The molecule has 4 nitrogen and oxygen atoms in total. The van der Waals surface area contributed by atoms with Gasteiger partial charge in [0, 0.05) is 18.6 Å². The van der Waals surface area contributed by atoms with Gasteiger partial charge < -0.3 is 15.4 Å². The summed E-state index contributed by atoms with van der Waals surface area (Å²) in [5, 5.41) is 0. The third-order valence-corrected chi connectivity index (χ3v) is 2.99. The van der Waals surface area contributed by atoms with Crippen LogP contribution in [0.5, 0.6) is 0 Å². The molecule has 0 aromatic heterocycles. The van der Waals surface area contributed by atoms with Gasteiger partial charge in [-0.3, -0.25) is 0 Å². The highest BCUT2D eigenvalue weighted by Crippen LogP contribution is 2.25. The Morgan fingerprint density at radius 2 is 1.94 bits per heavy atom. The Balaban J connectivity index is 2.51. The smallest absolute Gasteiger partial charge is 0.410 e. The molecule has 1 fully saturated rings. The lowest BCUT2D eigenvalue weighted by Gasteiger charge is -2.36. The Labute approximate surface area is 111 Å². The van der Waals surface area contributed by atoms with Crippen LogP contribution in [0.1, 0.15) is 53.9 Å². The van der Waals surface area contributed by atoms with E-state index in [9.17, 15) is 4.79 Å². The van der Waals surface area contributed by atoms with Gasteiger partial charge in [-0.2, -0.15) is 0 Å². The topological polar surface area (TPSA) is 55.6 Å². The minimum absolute atomic E-state index is 0.165. The Hall–Kier alpha value is -0.770. The quantitative estimate of drug-likeness (QED) is 0.826. The van der Waals surface area contributed by atoms with Gasteiger partial charge in [-0.25, -0.2) is 4.79 Å². The molecule has 0 saturated carbocycles. The molecule has 106 valence electrons. The molecule has 0 aromatic carbocycles. The van der Waals surface area contributed by atoms with Crippen molar-refractivity contribution in [1.82, 2.24) is 4.90 Å². The van der Waals surface area contributed by atoms with Gasteiger partial charge in [0.1, 0.15) is 5.60 Å². The third-order valence-electron chi connectivity index (χ3n) is 2.99. The maximum absolute atomic E-state index is 12.0. The molecular weight excluding hydrogens is 228 g/mol. The number of hydrogen-bond donors (Lipinski definition) is 1. The zero-order valence-electron chi connectivity index (χ0n) is 12.5. The van der Waals surface area contributed by atoms with E-state index in [4.69, 9.17) is 10.5 Å². The van der Waals surface area contributed by atoms with Gasteiger partial charge in [0.2, 0.25) is 0 Å². The first-order valence-corrected chi connectivity index (χ1v) is 6.84. The van der Waals surface area contributed by atoms with Crippen molar-refractivity contribution in [2.75, 3.05) is 13.1 Å². The largest absolute Gasteiger partial charge is 0.444 e. The van der Waals surface area contributed by atoms with Crippen LogP contribution in [0.4, 0.5) is 4.79 Å². The van der Waals surface area contributed by atoms with Crippen LogP contribution >= 0.6 is 0 Å². The number of carbonyl (C=O) groups excluding carboxylic acids is 1. The van der Waals surface area contributed by atoms with Crippen LogP contribution < -0.4 is 5.73 Å². The fourth-order valence-corrected chi connectivity index (χ4v) is 2.47. The van der Waals surface area contributed by atoms with Crippen molar-refractivity contribution in [3.8, 4) is 0 Å². The van der Waals surface area contributed by atoms with Gasteiger partial charge in [0.05, 0.1) is 0 Å². The predicted octanol–water partition coefficient (Wildman–Crippen LogP) is 2.76. The Morgan fingerprint density at radius 1 is 1.33 bits per heavy atom. The lowest BCUT2D eigenvalue weighted by Crippen LogP contribution is -2.45. The minimum Gasteiger partial charge on any atom is -0.444 e. The molecule has 1 saturated heterocycles. The number of piperidine rings is 1. The molecule has 4 heteroatoms. The van der Waals surface area contributed by atoms with Gasteiger partial charge >= 0.3 is 6.09 Å². The SMILES string of the molecule is CC(C)(N)CC1CCCN(C(=O)OC(C)(C)C)C1. The second kappa shape index (κ2) is 5.47. The number of amides is 1. The van der Waals surface area contributed by atoms with Crippen molar-refractivity contribution in [3.63, 3.8) is 0 Å². The van der Waals surface area contributed by atoms with E-state index in [2.05, 4.69) is 0 Å². The Bertz CT molecular complexity index is 289. The summed E-state index contributed by atoms with van der Waals surface area (Å²) in [5.41, 5.74) is 5.47. The van der Waals surface area contributed by atoms with Crippen LogP contribution in [0.2, 0.25) is 0 Å². The Morgan fingerprint density at radius 3 is 2.44 bits per heavy atom. The number of ether oxygens (including phenoxy) is 1. The summed E-state index contributed by atoms with van der Waals surface area (Å²) in [6, 6.07) is 0. The highest BCUT2D eigenvalue weighted by molar-refractivity contribution is 5.68. The molecule has 0 aromatic rings. The first kappa shape index (κ1) is 15.3. The van der Waals surface area contributed by atoms with Crippen molar-refractivity contribution < 1.29 is 9.53 Å². The maximum Gasteiger partial charge on any atom is 0.410 e. The molecule has 1 rings (SSSR count). The van der Waals surface area contributed by atoms with Gasteiger partial charge in [-0.1, -0.05) is 0 Å². The number of likely N-dealkylation sites (tertiary alicyclic amines) is 1. The predicted molar refractivity (Wildman–Crippen MR) is 73.4 cm³/mol. The zero-order chi connectivity index (χ0) is 14.0. The fourth-order valence-electron chi connectivity index (χ4n) is 2.47. The summed E-state index contributed by atoms with van der Waals surface area (Å²) in [7, 11) is 0. The lowest BCUT2D eigenvalue weighted by molar-refractivity contribution is 0.0151. The van der Waals surface area contributed by atoms with Gasteiger partial charge in [0.15, 0.2) is 0 Å². The molecule has 18 heavy (non-hydrogen) atoms. The van der Waals surface area contributed by atoms with E-state index in [1.807, 2.05) is 39.5 Å². The van der Waals surface area contributed by atoms with E-state index in [1.165, 1.54) is 0 Å². The van der Waals surface area contributed by atoms with Crippen LogP contribution in [0, 0.1) is 5.92 Å². The monoisotopic (exact) mass is 256 g/mol. The molecule has 1 amide bonds. The zero-order valence-corrected chi connectivity index (χ0v) is 12.5. The van der Waals surface area contributed by atoms with E-state index in [1.54, 1.807) is 0 Å². The van der Waals surface area contributed by atoms with Gasteiger partial charge in [-0.15, -0.1) is 0 Å². The highest BCUT2D eigenvalue weighted by atomic mass is 16.6. The van der Waals surface area contributed by atoms with E-state index in [0.29, 0.717) is 5.92 Å². The van der Waals surface area contributed by atoms with Crippen molar-refractivity contribution in [1.29, 1.82) is 0 Å². The van der Waals surface area contributed by atoms with Crippen molar-refractivity contribution in [3.05, 3.63) is 0 Å². The van der Waals surface area contributed by atoms with Gasteiger partial charge in [-0.05, 0) is 59.8 Å². The molecule has 1 aliphatic heterocycles. The molecule has 0 radical (unpaired) electrons. The van der Waals surface area contributed by atoms with E-state index < -0.39 is 5.60 Å². The van der Waals surface area contributed by atoms with Crippen LogP contribution in [-0.2, 0) is 4.74 Å². The number of hydrogen-bond acceptors (Lipinski definition) is 3. The van der Waals surface area contributed by atoms with Crippen LogP contribution in [0.3, 0.4) is 0 Å². The van der Waals surface area contributed by atoms with Crippen molar-refractivity contribution in [2.24, 2.45) is 11.7 Å². The minimum atomic E-state index is -0.419. The number of nitrogens with two attached hydrogens (primary N) is 1. The molecular formula is C14H28N2O2. The molecule has 0 aliphatic carbocycles. The number of nitrogens with zero attached hydrogens (tertiary/aromatic N) is 1. The summed E-state index contributed by atoms with van der Waals surface area (Å²) >= 11 is 0. The average Bonchev–Trinajstić information content (AvgIpc) is 2.12. The number of carbonyl (C=O) groups is 1. The van der Waals surface area contributed by atoms with Crippen LogP contribution in [0.25, 0.3) is 0 Å². The van der Waals surface area contributed by atoms with Crippen LogP contribution in [-0.4, -0.2) is 35.2 Å². The lowest BCUT2D eigenvalue weighted by atomic mass is 9.86. The summed E-state index contributed by atoms with van der Waals surface area (Å²) < 4.78 is 5.41. The van der Waals surface area contributed by atoms with Crippen LogP contribution in [0.15, 0.2) is 0 Å². The molecule has 1 atom stereocenters. The molecule has 0 spiro atoms. The summed E-state index contributed by atoms with van der Waals surface area (Å²) in [6.07, 6.45) is 2.95. The average molecular weight is 256 g/mol. The standard InChI is InChI=1S/C14H28N2O2/c1-13(2,3)18-12(17)16-8-6-7-11(10-16)9-14(4,5)15/h11H,6-10,15H2,1-5H3. The van der Waals surface area contributed by atoms with E-state index in [0.717, 1.165) is 32.4 Å². The highest BCUT2D eigenvalue weighted by Gasteiger charge is 2.29. The number of rotatable bonds is 2. The Kier molecular flexibility index (Phi) is 4.65. The summed E-state index contributed by atoms with van der Waals surface area (Å²) in [4.78, 5) is 13.8. The second-order valence-corrected chi connectivity index (χ2v) is 7.13. The normalized spacial score (nSPS) is 21.9. The second-order valence-electron chi connectivity index (χ2n) is 7.13. The summed E-state index contributed by atoms with van der Waals surface area (Å²) in [6.45, 7) is 11.4. The maximum atomic E-state index is 12.0. The molecule has 1 unspecified atom stereocenters. The van der Waals surface area contributed by atoms with E-state index >= 15 is 0 Å². The first-order chi connectivity index (χ1) is 8.07. The van der Waals surface area contributed by atoms with Crippen molar-refractivity contribution in [2.45, 2.75) is 65.0 Å². The van der Waals surface area contributed by atoms with Crippen molar-refractivity contribution >= 4 is 6.09 Å². The molecule has 1 heterocycles.